The molecule has 1 aliphatic carbocycles. The molecular formula is C22H34N2O6S2. The van der Waals surface area contributed by atoms with Gasteiger partial charge < -0.3 is 15.0 Å². The number of aryl methyl sites for hydroxylation is 1. The summed E-state index contributed by atoms with van der Waals surface area (Å²) >= 11 is 0. The van der Waals surface area contributed by atoms with Crippen molar-refractivity contribution in [3.63, 3.8) is 0 Å². The Labute approximate surface area is 191 Å². The Morgan fingerprint density at radius 1 is 0.969 bits per heavy atom. The largest absolute Gasteiger partial charge is 0.499 e. The van der Waals surface area contributed by atoms with Crippen LogP contribution in [0.25, 0.3) is 5.53 Å². The first-order valence-corrected chi connectivity index (χ1v) is 14.3. The molecule has 1 aromatic carbocycles. The van der Waals surface area contributed by atoms with Gasteiger partial charge in [-0.25, -0.2) is 16.8 Å². The standard InChI is InChI=1S/C22H34N2O6S2/c1-4-6-13-29-19-15-17(3)21(16-20(19)30-14-7-5-2)32(27,28)22(24-23)31(25,26)18-11-9-8-10-12-18/h15-16,18H,4-14H2,1-3H3. The highest BCUT2D eigenvalue weighted by Gasteiger charge is 2.48. The number of ether oxygens (including phenoxy) is 2. The zero-order chi connectivity index (χ0) is 23.8. The molecule has 0 N–H and O–H groups in total. The van der Waals surface area contributed by atoms with E-state index >= 15 is 0 Å². The Bertz CT molecular complexity index is 1040. The van der Waals surface area contributed by atoms with E-state index in [1.165, 1.54) is 12.1 Å². The lowest BCUT2D eigenvalue weighted by Gasteiger charge is -2.20. The van der Waals surface area contributed by atoms with Gasteiger partial charge >= 0.3 is 4.38 Å². The molecule has 0 saturated heterocycles. The molecule has 32 heavy (non-hydrogen) atoms. The van der Waals surface area contributed by atoms with Gasteiger partial charge in [-0.1, -0.05) is 46.0 Å². The first-order valence-electron chi connectivity index (χ1n) is 11.3. The topological polar surface area (TPSA) is 123 Å². The van der Waals surface area contributed by atoms with Crippen molar-refractivity contribution in [2.75, 3.05) is 13.2 Å². The van der Waals surface area contributed by atoms with Crippen LogP contribution < -0.4 is 9.47 Å². The number of rotatable bonds is 10. The lowest BCUT2D eigenvalue weighted by Crippen LogP contribution is -2.36. The Hall–Kier alpha value is -1.90. The smallest absolute Gasteiger partial charge is 0.490 e. The third-order valence-electron chi connectivity index (χ3n) is 5.59. The van der Waals surface area contributed by atoms with Crippen LogP contribution in [0.1, 0.15) is 77.2 Å². The van der Waals surface area contributed by atoms with Crippen LogP contribution in [0.3, 0.4) is 0 Å². The van der Waals surface area contributed by atoms with Crippen LogP contribution in [0.2, 0.25) is 0 Å². The van der Waals surface area contributed by atoms with Crippen LogP contribution >= 0.6 is 0 Å². The molecule has 2 rings (SSSR count). The van der Waals surface area contributed by atoms with Crippen molar-refractivity contribution in [1.82, 2.24) is 0 Å². The Balaban J connectivity index is 2.50. The van der Waals surface area contributed by atoms with Gasteiger partial charge in [-0.2, -0.15) is 0 Å². The maximum Gasteiger partial charge on any atom is 0.499 e. The minimum atomic E-state index is -4.61. The van der Waals surface area contributed by atoms with Gasteiger partial charge in [0, 0.05) is 6.07 Å². The molecule has 1 saturated carbocycles. The van der Waals surface area contributed by atoms with Gasteiger partial charge in [-0.05, 0) is 44.2 Å². The SMILES string of the molecule is CCCCOc1cc(C)c(S(=O)(=O)C(=[N+]=[N-])S(=O)(=O)C2CCCCC2)cc1OCCCC. The second-order valence-corrected chi connectivity index (χ2v) is 12.4. The molecule has 1 aromatic rings. The third kappa shape index (κ3) is 6.11. The highest BCUT2D eigenvalue weighted by atomic mass is 32.3. The molecule has 0 unspecified atom stereocenters. The van der Waals surface area contributed by atoms with Crippen molar-refractivity contribution in [2.45, 2.75) is 88.7 Å². The second-order valence-electron chi connectivity index (χ2n) is 8.14. The molecular weight excluding hydrogens is 452 g/mol. The average Bonchev–Trinajstić information content (AvgIpc) is 2.76. The zero-order valence-corrected chi connectivity index (χ0v) is 20.8. The molecule has 10 heteroatoms. The number of sulfone groups is 2. The van der Waals surface area contributed by atoms with Gasteiger partial charge in [0.05, 0.1) is 23.4 Å². The van der Waals surface area contributed by atoms with Crippen molar-refractivity contribution in [1.29, 1.82) is 0 Å². The quantitative estimate of drug-likeness (QED) is 0.158. The number of hydrogen-bond acceptors (Lipinski definition) is 6. The van der Waals surface area contributed by atoms with Gasteiger partial charge in [-0.15, -0.1) is 4.79 Å². The molecule has 8 nitrogen and oxygen atoms in total. The summed E-state index contributed by atoms with van der Waals surface area (Å²) in [7, 11) is -8.93. The van der Waals surface area contributed by atoms with Crippen LogP contribution in [0.4, 0.5) is 0 Å². The van der Waals surface area contributed by atoms with Crippen molar-refractivity contribution >= 4 is 24.1 Å². The zero-order valence-electron chi connectivity index (χ0n) is 19.2. The molecule has 0 spiro atoms. The predicted molar refractivity (Wildman–Crippen MR) is 124 cm³/mol. The van der Waals surface area contributed by atoms with E-state index in [9.17, 15) is 22.4 Å². The molecule has 0 aliphatic heterocycles. The van der Waals surface area contributed by atoms with Crippen molar-refractivity contribution in [2.24, 2.45) is 0 Å². The van der Waals surface area contributed by atoms with E-state index in [2.05, 4.69) is 4.79 Å². The molecule has 1 fully saturated rings. The normalized spacial score (nSPS) is 15.2. The Morgan fingerprint density at radius 2 is 1.50 bits per heavy atom. The molecule has 180 valence electrons. The van der Waals surface area contributed by atoms with Gasteiger partial charge in [0.1, 0.15) is 0 Å². The minimum absolute atomic E-state index is 0.228. The fourth-order valence-corrected chi connectivity index (χ4v) is 7.98. The van der Waals surface area contributed by atoms with Crippen LogP contribution in [0, 0.1) is 6.92 Å². The predicted octanol–water partition coefficient (Wildman–Crippen LogP) is 4.46. The van der Waals surface area contributed by atoms with E-state index in [-0.39, 0.29) is 10.6 Å². The van der Waals surface area contributed by atoms with Gasteiger partial charge in [0.2, 0.25) is 0 Å². The Morgan fingerprint density at radius 3 is 2.00 bits per heavy atom. The molecule has 0 heterocycles. The summed E-state index contributed by atoms with van der Waals surface area (Å²) in [6, 6.07) is 2.81. The molecule has 0 radical (unpaired) electrons. The highest BCUT2D eigenvalue weighted by Crippen LogP contribution is 2.35. The summed E-state index contributed by atoms with van der Waals surface area (Å²) in [5.74, 6) is 0.634. The number of benzene rings is 1. The van der Waals surface area contributed by atoms with Crippen LogP contribution in [-0.2, 0) is 19.7 Å². The maximum atomic E-state index is 13.4. The molecule has 0 aromatic heterocycles. The summed E-state index contributed by atoms with van der Waals surface area (Å²) in [6.45, 7) is 6.41. The van der Waals surface area contributed by atoms with E-state index in [0.717, 1.165) is 32.1 Å². The lowest BCUT2D eigenvalue weighted by molar-refractivity contribution is 0.00369. The average molecular weight is 487 g/mol. The molecule has 0 amide bonds. The van der Waals surface area contributed by atoms with Crippen molar-refractivity contribution in [3.05, 3.63) is 23.2 Å². The summed E-state index contributed by atoms with van der Waals surface area (Å²) in [6.07, 6.45) is 6.43. The second kappa shape index (κ2) is 11.8. The fourth-order valence-electron chi connectivity index (χ4n) is 3.69. The first kappa shape index (κ1) is 26.4. The Kier molecular flexibility index (Phi) is 9.73. The minimum Gasteiger partial charge on any atom is -0.490 e. The number of unbranched alkanes of at least 4 members (excludes halogenated alkanes) is 2. The van der Waals surface area contributed by atoms with E-state index in [1.54, 1.807) is 6.92 Å². The monoisotopic (exact) mass is 486 g/mol. The number of hydrogen-bond donors (Lipinski definition) is 0. The van der Waals surface area contributed by atoms with Crippen LogP contribution in [0.5, 0.6) is 11.5 Å². The first-order chi connectivity index (χ1) is 15.2. The molecule has 1 aliphatic rings. The maximum absolute atomic E-state index is 13.4. The molecule has 0 bridgehead atoms. The van der Waals surface area contributed by atoms with E-state index < -0.39 is 29.3 Å². The van der Waals surface area contributed by atoms with E-state index in [4.69, 9.17) is 9.47 Å². The van der Waals surface area contributed by atoms with Crippen LogP contribution in [-0.4, -0.2) is 44.5 Å². The van der Waals surface area contributed by atoms with Gasteiger partial charge in [0.25, 0.3) is 19.7 Å². The summed E-state index contributed by atoms with van der Waals surface area (Å²) < 4.78 is 63.2. The molecule has 0 atom stereocenters. The van der Waals surface area contributed by atoms with Crippen molar-refractivity contribution < 1.29 is 31.1 Å². The summed E-state index contributed by atoms with van der Waals surface area (Å²) in [5.41, 5.74) is 9.79. The highest BCUT2D eigenvalue weighted by molar-refractivity contribution is 8.31. The summed E-state index contributed by atoms with van der Waals surface area (Å²) in [4.78, 5) is 2.52. The summed E-state index contributed by atoms with van der Waals surface area (Å²) in [5, 5.41) is -0.867. The third-order valence-corrected chi connectivity index (χ3v) is 10.4. The van der Waals surface area contributed by atoms with E-state index in [0.29, 0.717) is 50.2 Å². The fraction of sp³-hybridized carbons (Fsp3) is 0.682. The van der Waals surface area contributed by atoms with Crippen LogP contribution in [0.15, 0.2) is 17.0 Å². The van der Waals surface area contributed by atoms with Gasteiger partial charge in [-0.3, -0.25) is 0 Å². The van der Waals surface area contributed by atoms with Gasteiger partial charge in [0.15, 0.2) is 11.5 Å². The van der Waals surface area contributed by atoms with Crippen molar-refractivity contribution in [3.8, 4) is 11.5 Å². The number of nitrogens with zero attached hydrogens (tertiary/aromatic N) is 2. The lowest BCUT2D eigenvalue weighted by atomic mass is 10.0. The van der Waals surface area contributed by atoms with E-state index in [1.807, 2.05) is 13.8 Å².